The van der Waals surface area contributed by atoms with Crippen LogP contribution in [0, 0.1) is 0 Å². The molecule has 0 aliphatic carbocycles. The van der Waals surface area contributed by atoms with Gasteiger partial charge in [0.05, 0.1) is 12.2 Å². The van der Waals surface area contributed by atoms with Crippen molar-refractivity contribution in [2.24, 2.45) is 0 Å². The maximum atomic E-state index is 4.43. The zero-order valence-corrected chi connectivity index (χ0v) is 10.2. The molecule has 0 saturated carbocycles. The van der Waals surface area contributed by atoms with Crippen LogP contribution in [-0.2, 0) is 6.42 Å². The van der Waals surface area contributed by atoms with Crippen LogP contribution in [0.25, 0.3) is 0 Å². The van der Waals surface area contributed by atoms with E-state index in [4.69, 9.17) is 0 Å². The summed E-state index contributed by atoms with van der Waals surface area (Å²) in [6.45, 7) is 5.52. The van der Waals surface area contributed by atoms with E-state index < -0.39 is 0 Å². The van der Waals surface area contributed by atoms with Crippen molar-refractivity contribution in [2.75, 3.05) is 13.6 Å². The molecule has 0 atom stereocenters. The highest BCUT2D eigenvalue weighted by atomic mass is 15.3. The topological polar surface area (TPSA) is 29.9 Å². The summed E-state index contributed by atoms with van der Waals surface area (Å²) >= 11 is 0. The lowest BCUT2D eigenvalue weighted by molar-refractivity contribution is 0.428. The van der Waals surface area contributed by atoms with Gasteiger partial charge in [-0.05, 0) is 44.8 Å². The van der Waals surface area contributed by atoms with Crippen LogP contribution in [0.1, 0.15) is 44.7 Å². The molecule has 1 aromatic rings. The first-order valence-electron chi connectivity index (χ1n) is 5.99. The first-order valence-corrected chi connectivity index (χ1v) is 5.99. The minimum absolute atomic E-state index is 0.572. The Hall–Kier alpha value is -0.830. The molecule has 3 heteroatoms. The average molecular weight is 209 g/mol. The van der Waals surface area contributed by atoms with Gasteiger partial charge in [0.15, 0.2) is 0 Å². The summed E-state index contributed by atoms with van der Waals surface area (Å²) < 4.78 is 2.12. The zero-order valence-electron chi connectivity index (χ0n) is 10.2. The van der Waals surface area contributed by atoms with Crippen molar-refractivity contribution in [2.45, 2.75) is 45.6 Å². The Kier molecular flexibility index (Phi) is 5.40. The highest BCUT2D eigenvalue weighted by Crippen LogP contribution is 2.15. The van der Waals surface area contributed by atoms with Crippen molar-refractivity contribution in [1.29, 1.82) is 0 Å². The molecule has 1 rings (SSSR count). The number of aryl methyl sites for hydroxylation is 1. The maximum Gasteiger partial charge on any atom is 0.0521 e. The maximum absolute atomic E-state index is 4.43. The SMILES string of the molecule is CCC(CC)n1cc(CCCNC)cn1. The van der Waals surface area contributed by atoms with Gasteiger partial charge in [0.25, 0.3) is 0 Å². The van der Waals surface area contributed by atoms with E-state index >= 15 is 0 Å². The van der Waals surface area contributed by atoms with Crippen molar-refractivity contribution in [3.63, 3.8) is 0 Å². The molecular formula is C12H23N3. The highest BCUT2D eigenvalue weighted by Gasteiger charge is 2.07. The van der Waals surface area contributed by atoms with Crippen LogP contribution in [0.3, 0.4) is 0 Å². The third kappa shape index (κ3) is 3.67. The van der Waals surface area contributed by atoms with Gasteiger partial charge in [-0.15, -0.1) is 0 Å². The first-order chi connectivity index (χ1) is 7.31. The van der Waals surface area contributed by atoms with Crippen LogP contribution in [-0.4, -0.2) is 23.4 Å². The average Bonchev–Trinajstić information content (AvgIpc) is 2.69. The van der Waals surface area contributed by atoms with Gasteiger partial charge in [-0.3, -0.25) is 4.68 Å². The lowest BCUT2D eigenvalue weighted by Crippen LogP contribution is -2.08. The Morgan fingerprint density at radius 3 is 2.73 bits per heavy atom. The fraction of sp³-hybridized carbons (Fsp3) is 0.750. The fourth-order valence-electron chi connectivity index (χ4n) is 1.84. The second-order valence-corrected chi connectivity index (χ2v) is 4.01. The van der Waals surface area contributed by atoms with Gasteiger partial charge >= 0.3 is 0 Å². The molecule has 86 valence electrons. The van der Waals surface area contributed by atoms with Crippen molar-refractivity contribution in [3.8, 4) is 0 Å². The van der Waals surface area contributed by atoms with Crippen LogP contribution < -0.4 is 5.32 Å². The van der Waals surface area contributed by atoms with E-state index in [1.165, 1.54) is 12.0 Å². The molecule has 1 heterocycles. The number of rotatable bonds is 7. The van der Waals surface area contributed by atoms with Crippen molar-refractivity contribution >= 4 is 0 Å². The molecule has 0 bridgehead atoms. The predicted octanol–water partition coefficient (Wildman–Crippen LogP) is 2.40. The molecule has 0 aliphatic rings. The smallest absolute Gasteiger partial charge is 0.0521 e. The Morgan fingerprint density at radius 1 is 1.40 bits per heavy atom. The largest absolute Gasteiger partial charge is 0.320 e. The van der Waals surface area contributed by atoms with Gasteiger partial charge in [-0.1, -0.05) is 13.8 Å². The van der Waals surface area contributed by atoms with E-state index in [0.717, 1.165) is 25.8 Å². The molecule has 0 spiro atoms. The second kappa shape index (κ2) is 6.62. The molecule has 0 unspecified atom stereocenters. The van der Waals surface area contributed by atoms with Gasteiger partial charge in [0.2, 0.25) is 0 Å². The Labute approximate surface area is 92.9 Å². The van der Waals surface area contributed by atoms with Gasteiger partial charge in [-0.2, -0.15) is 5.10 Å². The first kappa shape index (κ1) is 12.2. The van der Waals surface area contributed by atoms with Crippen molar-refractivity contribution in [1.82, 2.24) is 15.1 Å². The number of hydrogen-bond donors (Lipinski definition) is 1. The summed E-state index contributed by atoms with van der Waals surface area (Å²) in [5.74, 6) is 0. The number of nitrogens with one attached hydrogen (secondary N) is 1. The summed E-state index contributed by atoms with van der Waals surface area (Å²) in [5, 5.41) is 7.60. The Bertz CT molecular complexity index is 264. The summed E-state index contributed by atoms with van der Waals surface area (Å²) in [6, 6.07) is 0.572. The summed E-state index contributed by atoms with van der Waals surface area (Å²) in [6.07, 6.45) is 8.84. The molecule has 0 radical (unpaired) electrons. The van der Waals surface area contributed by atoms with Crippen LogP contribution in [0.4, 0.5) is 0 Å². The number of nitrogens with zero attached hydrogens (tertiary/aromatic N) is 2. The van der Waals surface area contributed by atoms with E-state index in [1.54, 1.807) is 0 Å². The van der Waals surface area contributed by atoms with Gasteiger partial charge in [0, 0.05) is 6.20 Å². The summed E-state index contributed by atoms with van der Waals surface area (Å²) in [7, 11) is 1.99. The molecule has 1 aromatic heterocycles. The van der Waals surface area contributed by atoms with Crippen LogP contribution >= 0.6 is 0 Å². The van der Waals surface area contributed by atoms with Gasteiger partial charge < -0.3 is 5.32 Å². The minimum Gasteiger partial charge on any atom is -0.320 e. The van der Waals surface area contributed by atoms with E-state index in [0.29, 0.717) is 6.04 Å². The summed E-state index contributed by atoms with van der Waals surface area (Å²) in [4.78, 5) is 0. The third-order valence-corrected chi connectivity index (χ3v) is 2.86. The van der Waals surface area contributed by atoms with E-state index in [1.807, 2.05) is 13.2 Å². The Balaban J connectivity index is 2.47. The molecule has 0 aliphatic heterocycles. The lowest BCUT2D eigenvalue weighted by Gasteiger charge is -2.12. The van der Waals surface area contributed by atoms with Crippen molar-refractivity contribution < 1.29 is 0 Å². The Morgan fingerprint density at radius 2 is 2.13 bits per heavy atom. The third-order valence-electron chi connectivity index (χ3n) is 2.86. The zero-order chi connectivity index (χ0) is 11.1. The van der Waals surface area contributed by atoms with E-state index in [2.05, 4.69) is 35.1 Å². The van der Waals surface area contributed by atoms with Gasteiger partial charge in [-0.25, -0.2) is 0 Å². The molecule has 1 N–H and O–H groups in total. The highest BCUT2D eigenvalue weighted by molar-refractivity contribution is 5.04. The second-order valence-electron chi connectivity index (χ2n) is 4.01. The van der Waals surface area contributed by atoms with Gasteiger partial charge in [0.1, 0.15) is 0 Å². The molecule has 0 amide bonds. The van der Waals surface area contributed by atoms with E-state index in [-0.39, 0.29) is 0 Å². The van der Waals surface area contributed by atoms with Crippen LogP contribution in [0.15, 0.2) is 12.4 Å². The number of hydrogen-bond acceptors (Lipinski definition) is 2. The molecule has 0 fully saturated rings. The minimum atomic E-state index is 0.572. The normalized spacial score (nSPS) is 11.2. The molecule has 15 heavy (non-hydrogen) atoms. The standard InChI is InChI=1S/C12H23N3/c1-4-12(5-2)15-10-11(9-14-15)7-6-8-13-3/h9-10,12-13H,4-8H2,1-3H3. The van der Waals surface area contributed by atoms with Crippen LogP contribution in [0.5, 0.6) is 0 Å². The molecule has 0 aromatic carbocycles. The number of aromatic nitrogens is 2. The van der Waals surface area contributed by atoms with Crippen LogP contribution in [0.2, 0.25) is 0 Å². The molecule has 0 saturated heterocycles. The molecular weight excluding hydrogens is 186 g/mol. The summed E-state index contributed by atoms with van der Waals surface area (Å²) in [5.41, 5.74) is 1.36. The monoisotopic (exact) mass is 209 g/mol. The quantitative estimate of drug-likeness (QED) is 0.699. The molecule has 3 nitrogen and oxygen atoms in total. The fourth-order valence-corrected chi connectivity index (χ4v) is 1.84. The van der Waals surface area contributed by atoms with Crippen molar-refractivity contribution in [3.05, 3.63) is 18.0 Å². The predicted molar refractivity (Wildman–Crippen MR) is 64.1 cm³/mol. The lowest BCUT2D eigenvalue weighted by atomic mass is 10.1. The van der Waals surface area contributed by atoms with E-state index in [9.17, 15) is 0 Å².